The minimum absolute atomic E-state index is 0.0366. The second-order valence-corrected chi connectivity index (χ2v) is 13.7. The number of nitrogens with zero attached hydrogens (tertiary/aromatic N) is 1. The molecule has 2 heterocycles. The normalized spacial score (nSPS) is 12.4. The van der Waals surface area contributed by atoms with E-state index in [1.165, 1.54) is 20.3 Å². The fourth-order valence-corrected chi connectivity index (χ4v) is 6.74. The molecule has 0 aliphatic carbocycles. The summed E-state index contributed by atoms with van der Waals surface area (Å²) in [5.41, 5.74) is 0.775. The predicted octanol–water partition coefficient (Wildman–Crippen LogP) is 6.85. The molecule has 0 atom stereocenters. The predicted molar refractivity (Wildman–Crippen MR) is 180 cm³/mol. The second kappa shape index (κ2) is 16.0. The number of thiophene rings is 1. The van der Waals surface area contributed by atoms with Crippen LogP contribution in [0.3, 0.4) is 0 Å². The number of carbonyl (C=O) groups excluding carboxylic acids is 5. The maximum atomic E-state index is 15.7. The molecule has 11 nitrogen and oxygen atoms in total. The third-order valence-corrected chi connectivity index (χ3v) is 9.10. The van der Waals surface area contributed by atoms with E-state index < -0.39 is 29.1 Å². The fourth-order valence-electron chi connectivity index (χ4n) is 5.30. The summed E-state index contributed by atoms with van der Waals surface area (Å²) in [6, 6.07) is 4.61. The van der Waals surface area contributed by atoms with Gasteiger partial charge in [-0.25, -0.2) is 4.39 Å². The third kappa shape index (κ3) is 9.07. The highest BCUT2D eigenvalue weighted by Gasteiger charge is 2.31. The highest BCUT2D eigenvalue weighted by molar-refractivity contribution is 7.20. The SMILES string of the molecule is CCOC(=O)CCC(=O)c1cc2c(F)c(OCCC(=O)c3c(OC)cc4c(c3Cl)CN(C(=O)CCC(=O)OC(C)(C)C)C4)c(OC)cc2s1. The minimum atomic E-state index is -0.757. The molecule has 49 heavy (non-hydrogen) atoms. The summed E-state index contributed by atoms with van der Waals surface area (Å²) in [6.45, 7) is 7.29. The van der Waals surface area contributed by atoms with Crippen molar-refractivity contribution in [1.82, 2.24) is 4.90 Å². The fraction of sp³-hybridized carbons (Fsp3) is 0.457. The average molecular weight is 720 g/mol. The Kier molecular flexibility index (Phi) is 12.3. The van der Waals surface area contributed by atoms with Crippen LogP contribution in [0.25, 0.3) is 10.1 Å². The van der Waals surface area contributed by atoms with E-state index in [0.29, 0.717) is 10.3 Å². The van der Waals surface area contributed by atoms with E-state index in [2.05, 4.69) is 0 Å². The van der Waals surface area contributed by atoms with Crippen LogP contribution in [0.1, 0.15) is 91.0 Å². The number of halogens is 2. The van der Waals surface area contributed by atoms with E-state index in [4.69, 9.17) is 35.3 Å². The molecule has 3 aromatic rings. The number of ether oxygens (including phenoxy) is 5. The lowest BCUT2D eigenvalue weighted by atomic mass is 10.0. The Bertz CT molecular complexity index is 1780. The lowest BCUT2D eigenvalue weighted by Crippen LogP contribution is -2.28. The third-order valence-electron chi connectivity index (χ3n) is 7.56. The summed E-state index contributed by atoms with van der Waals surface area (Å²) < 4.78 is 42.9. The Hall–Kier alpha value is -4.23. The van der Waals surface area contributed by atoms with Crippen molar-refractivity contribution in [3.05, 3.63) is 50.6 Å². The molecule has 264 valence electrons. The molecule has 1 aromatic heterocycles. The van der Waals surface area contributed by atoms with Crippen molar-refractivity contribution < 1.29 is 52.0 Å². The molecule has 1 aliphatic heterocycles. The molecule has 14 heteroatoms. The van der Waals surface area contributed by atoms with Crippen LogP contribution in [0, 0.1) is 5.82 Å². The quantitative estimate of drug-likeness (QED) is 0.121. The second-order valence-electron chi connectivity index (χ2n) is 12.2. The van der Waals surface area contributed by atoms with Crippen molar-refractivity contribution in [2.45, 2.75) is 78.5 Å². The molecule has 0 unspecified atom stereocenters. The van der Waals surface area contributed by atoms with E-state index in [1.54, 1.807) is 44.7 Å². The van der Waals surface area contributed by atoms with Crippen LogP contribution in [0.2, 0.25) is 5.02 Å². The molecule has 0 bridgehead atoms. The number of fused-ring (bicyclic) bond motifs is 2. The van der Waals surface area contributed by atoms with Crippen LogP contribution >= 0.6 is 22.9 Å². The van der Waals surface area contributed by atoms with Gasteiger partial charge in [0.25, 0.3) is 0 Å². The van der Waals surface area contributed by atoms with Crippen LogP contribution in [0.4, 0.5) is 4.39 Å². The van der Waals surface area contributed by atoms with Gasteiger partial charge >= 0.3 is 11.9 Å². The number of carbonyl (C=O) groups is 5. The van der Waals surface area contributed by atoms with E-state index in [-0.39, 0.29) is 108 Å². The largest absolute Gasteiger partial charge is 0.496 e. The first-order chi connectivity index (χ1) is 23.2. The van der Waals surface area contributed by atoms with Crippen LogP contribution < -0.4 is 14.2 Å². The maximum Gasteiger partial charge on any atom is 0.306 e. The van der Waals surface area contributed by atoms with Crippen molar-refractivity contribution in [3.8, 4) is 17.2 Å². The molecule has 4 rings (SSSR count). The van der Waals surface area contributed by atoms with Gasteiger partial charge in [-0.15, -0.1) is 11.3 Å². The lowest BCUT2D eigenvalue weighted by Gasteiger charge is -2.20. The van der Waals surface area contributed by atoms with Gasteiger partial charge in [-0.1, -0.05) is 11.6 Å². The van der Waals surface area contributed by atoms with E-state index in [9.17, 15) is 24.0 Å². The highest BCUT2D eigenvalue weighted by atomic mass is 35.5. The van der Waals surface area contributed by atoms with Gasteiger partial charge in [0.15, 0.2) is 28.9 Å². The van der Waals surface area contributed by atoms with Gasteiger partial charge in [0.05, 0.1) is 55.7 Å². The number of hydrogen-bond donors (Lipinski definition) is 0. The van der Waals surface area contributed by atoms with Crippen molar-refractivity contribution in [2.24, 2.45) is 0 Å². The van der Waals surface area contributed by atoms with Gasteiger partial charge in [0, 0.05) is 48.5 Å². The topological polar surface area (TPSA) is 135 Å². The number of methoxy groups -OCH3 is 2. The standard InChI is InChI=1S/C35H39ClFNO10S/c1-7-46-29(42)10-8-22(39)27-15-20-26(49-27)16-25(45-6)34(33(20)37)47-13-12-23(40)31-24(44-5)14-19-17-38(18-21(19)32(31)36)28(41)9-11-30(43)48-35(2,3)4/h14-16H,7-13,17-18H2,1-6H3. The Morgan fingerprint density at radius 3 is 2.24 bits per heavy atom. The molecule has 1 aliphatic rings. The summed E-state index contributed by atoms with van der Waals surface area (Å²) in [4.78, 5) is 64.6. The summed E-state index contributed by atoms with van der Waals surface area (Å²) in [5.74, 6) is -2.65. The van der Waals surface area contributed by atoms with Crippen molar-refractivity contribution in [2.75, 3.05) is 27.4 Å². The van der Waals surface area contributed by atoms with E-state index in [1.807, 2.05) is 0 Å². The van der Waals surface area contributed by atoms with Gasteiger partial charge in [-0.05, 0) is 51.0 Å². The first-order valence-electron chi connectivity index (χ1n) is 15.7. The number of rotatable bonds is 15. The number of hydrogen-bond acceptors (Lipinski definition) is 11. The lowest BCUT2D eigenvalue weighted by molar-refractivity contribution is -0.156. The molecular weight excluding hydrogens is 681 g/mol. The molecule has 0 saturated heterocycles. The van der Waals surface area contributed by atoms with Crippen LogP contribution in [-0.4, -0.2) is 67.3 Å². The van der Waals surface area contributed by atoms with Crippen molar-refractivity contribution in [3.63, 3.8) is 0 Å². The smallest absolute Gasteiger partial charge is 0.306 e. The molecule has 0 radical (unpaired) electrons. The molecular formula is C35H39ClFNO10S. The van der Waals surface area contributed by atoms with Gasteiger partial charge in [-0.3, -0.25) is 24.0 Å². The number of benzene rings is 2. The summed E-state index contributed by atoms with van der Waals surface area (Å²) in [7, 11) is 2.74. The van der Waals surface area contributed by atoms with Crippen LogP contribution in [0.15, 0.2) is 18.2 Å². The zero-order valence-corrected chi connectivity index (χ0v) is 29.9. The minimum Gasteiger partial charge on any atom is -0.496 e. The Balaban J connectivity index is 1.44. The molecule has 2 aromatic carbocycles. The Morgan fingerprint density at radius 1 is 0.898 bits per heavy atom. The van der Waals surface area contributed by atoms with Gasteiger partial charge in [0.2, 0.25) is 5.91 Å². The zero-order chi connectivity index (χ0) is 36.0. The maximum absolute atomic E-state index is 15.7. The van der Waals surface area contributed by atoms with E-state index in [0.717, 1.165) is 16.9 Å². The van der Waals surface area contributed by atoms with Crippen molar-refractivity contribution in [1.29, 1.82) is 0 Å². The summed E-state index contributed by atoms with van der Waals surface area (Å²) in [6.07, 6.45) is -0.460. The van der Waals surface area contributed by atoms with Crippen LogP contribution in [-0.2, 0) is 36.9 Å². The van der Waals surface area contributed by atoms with E-state index >= 15 is 4.39 Å². The molecule has 0 N–H and O–H groups in total. The van der Waals surface area contributed by atoms with Gasteiger partial charge in [-0.2, -0.15) is 0 Å². The molecule has 0 fully saturated rings. The molecule has 0 saturated carbocycles. The Morgan fingerprint density at radius 2 is 1.59 bits per heavy atom. The Labute approximate surface area is 292 Å². The van der Waals surface area contributed by atoms with Gasteiger partial charge < -0.3 is 28.6 Å². The monoisotopic (exact) mass is 719 g/mol. The number of amides is 1. The average Bonchev–Trinajstić information content (AvgIpc) is 3.68. The zero-order valence-electron chi connectivity index (χ0n) is 28.3. The van der Waals surface area contributed by atoms with Crippen LogP contribution in [0.5, 0.6) is 17.2 Å². The van der Waals surface area contributed by atoms with Crippen molar-refractivity contribution >= 4 is 62.4 Å². The first-order valence-corrected chi connectivity index (χ1v) is 16.9. The molecule has 0 spiro atoms. The summed E-state index contributed by atoms with van der Waals surface area (Å²) in [5, 5.41) is 0.283. The summed E-state index contributed by atoms with van der Waals surface area (Å²) >= 11 is 7.80. The highest BCUT2D eigenvalue weighted by Crippen LogP contribution is 2.41. The van der Waals surface area contributed by atoms with Gasteiger partial charge in [0.1, 0.15) is 11.4 Å². The number of esters is 2. The number of Topliss-reactive ketones (excluding diaryl/α,β-unsaturated/α-hetero) is 2. The molecule has 1 amide bonds. The number of ketones is 2. The first kappa shape index (κ1) is 37.6.